The second-order valence-electron chi connectivity index (χ2n) is 10.8. The first-order valence-electron chi connectivity index (χ1n) is 12.8. The van der Waals surface area contributed by atoms with Crippen LogP contribution in [0.3, 0.4) is 0 Å². The molecular formula is C27H37FN4O5. The highest BCUT2D eigenvalue weighted by atomic mass is 19.1. The summed E-state index contributed by atoms with van der Waals surface area (Å²) >= 11 is 0. The van der Waals surface area contributed by atoms with Crippen molar-refractivity contribution in [3.8, 4) is 11.6 Å². The molecule has 2 N–H and O–H groups in total. The Morgan fingerprint density at radius 2 is 1.92 bits per heavy atom. The number of halogens is 1. The van der Waals surface area contributed by atoms with Crippen LogP contribution in [0.4, 0.5) is 15.9 Å². The zero-order valence-electron chi connectivity index (χ0n) is 22.0. The van der Waals surface area contributed by atoms with Crippen LogP contribution in [-0.4, -0.2) is 60.6 Å². The van der Waals surface area contributed by atoms with E-state index >= 15 is 0 Å². The quantitative estimate of drug-likeness (QED) is 0.500. The number of morpholine rings is 1. The number of rotatable bonds is 8. The molecule has 0 radical (unpaired) electrons. The van der Waals surface area contributed by atoms with Gasteiger partial charge in [-0.05, 0) is 63.6 Å². The van der Waals surface area contributed by atoms with Crippen LogP contribution in [0.15, 0.2) is 24.5 Å². The van der Waals surface area contributed by atoms with E-state index in [1.165, 1.54) is 26.3 Å². The number of nitrogens with one attached hydrogen (secondary N) is 2. The van der Waals surface area contributed by atoms with Gasteiger partial charge < -0.3 is 29.6 Å². The van der Waals surface area contributed by atoms with Crippen molar-refractivity contribution in [3.05, 3.63) is 35.9 Å². The third kappa shape index (κ3) is 8.00. The van der Waals surface area contributed by atoms with Gasteiger partial charge in [0.1, 0.15) is 23.8 Å². The Balaban J connectivity index is 0.000000405. The largest absolute Gasteiger partial charge is 0.489 e. The third-order valence-corrected chi connectivity index (χ3v) is 6.37. The van der Waals surface area contributed by atoms with Crippen molar-refractivity contribution >= 4 is 18.0 Å². The van der Waals surface area contributed by atoms with E-state index in [9.17, 15) is 9.18 Å². The molecular weight excluding hydrogens is 479 g/mol. The Morgan fingerprint density at radius 3 is 2.49 bits per heavy atom. The fraction of sp³-hybridized carbons (Fsp3) is 0.593. The van der Waals surface area contributed by atoms with Gasteiger partial charge in [-0.3, -0.25) is 4.79 Å². The van der Waals surface area contributed by atoms with Crippen molar-refractivity contribution in [2.24, 2.45) is 5.92 Å². The smallest absolute Gasteiger partial charge is 0.293 e. The summed E-state index contributed by atoms with van der Waals surface area (Å²) in [6.45, 7) is 7.31. The minimum Gasteiger partial charge on any atom is -0.489 e. The Labute approximate surface area is 217 Å². The van der Waals surface area contributed by atoms with Crippen LogP contribution < -0.4 is 20.1 Å². The van der Waals surface area contributed by atoms with Crippen LogP contribution in [0.2, 0.25) is 0 Å². The zero-order valence-corrected chi connectivity index (χ0v) is 22.0. The average Bonchev–Trinajstić information content (AvgIpc) is 3.64. The second-order valence-corrected chi connectivity index (χ2v) is 10.8. The highest BCUT2D eigenvalue weighted by Gasteiger charge is 2.34. The molecule has 2 saturated heterocycles. The molecule has 2 bridgehead atoms. The molecule has 202 valence electrons. The van der Waals surface area contributed by atoms with Gasteiger partial charge in [-0.25, -0.2) is 9.37 Å². The first kappa shape index (κ1) is 27.1. The summed E-state index contributed by atoms with van der Waals surface area (Å²) in [5.41, 5.74) is 1.06. The SMILES string of the molecule is CC(C)(C)OC=O.COc1c(Nc2ccc(CC3CC3)cc2F)ncnc1OC1CC2COCC(C1)N2. The number of anilines is 2. The lowest BCUT2D eigenvalue weighted by molar-refractivity contribution is -0.138. The van der Waals surface area contributed by atoms with Crippen molar-refractivity contribution in [1.29, 1.82) is 0 Å². The summed E-state index contributed by atoms with van der Waals surface area (Å²) < 4.78 is 36.5. The van der Waals surface area contributed by atoms with Gasteiger partial charge in [0, 0.05) is 24.9 Å². The number of aromatic nitrogens is 2. The predicted octanol–water partition coefficient (Wildman–Crippen LogP) is 4.18. The van der Waals surface area contributed by atoms with Crippen LogP contribution in [0.1, 0.15) is 52.0 Å². The van der Waals surface area contributed by atoms with Gasteiger partial charge in [0.2, 0.25) is 5.75 Å². The maximum absolute atomic E-state index is 14.7. The van der Waals surface area contributed by atoms with Crippen LogP contribution >= 0.6 is 0 Å². The number of carbonyl (C=O) groups is 1. The maximum Gasteiger partial charge on any atom is 0.293 e. The number of nitrogens with zero attached hydrogens (tertiary/aromatic N) is 2. The van der Waals surface area contributed by atoms with E-state index in [1.54, 1.807) is 12.1 Å². The Kier molecular flexibility index (Phi) is 8.81. The van der Waals surface area contributed by atoms with Crippen LogP contribution in [0, 0.1) is 11.7 Å². The molecule has 1 aromatic heterocycles. The molecule has 1 aromatic carbocycles. The summed E-state index contributed by atoms with van der Waals surface area (Å²) in [4.78, 5) is 18.1. The van der Waals surface area contributed by atoms with E-state index in [0.29, 0.717) is 48.7 Å². The lowest BCUT2D eigenvalue weighted by atomic mass is 9.95. The lowest BCUT2D eigenvalue weighted by Crippen LogP contribution is -2.56. The topological polar surface area (TPSA) is 104 Å². The molecule has 9 nitrogen and oxygen atoms in total. The van der Waals surface area contributed by atoms with Gasteiger partial charge in [-0.15, -0.1) is 0 Å². The fourth-order valence-corrected chi connectivity index (χ4v) is 4.47. The lowest BCUT2D eigenvalue weighted by Gasteiger charge is -2.39. The number of benzene rings is 1. The molecule has 2 unspecified atom stereocenters. The molecule has 0 spiro atoms. The summed E-state index contributed by atoms with van der Waals surface area (Å²) in [6, 6.07) is 5.89. The minimum atomic E-state index is -0.318. The van der Waals surface area contributed by atoms with E-state index in [-0.39, 0.29) is 29.6 Å². The molecule has 3 fully saturated rings. The molecule has 10 heteroatoms. The van der Waals surface area contributed by atoms with Gasteiger partial charge in [0.25, 0.3) is 12.4 Å². The normalized spacial score (nSPS) is 22.8. The van der Waals surface area contributed by atoms with E-state index < -0.39 is 0 Å². The summed E-state index contributed by atoms with van der Waals surface area (Å²) in [7, 11) is 1.54. The fourth-order valence-electron chi connectivity index (χ4n) is 4.47. The van der Waals surface area contributed by atoms with Crippen molar-refractivity contribution in [2.45, 2.75) is 76.7 Å². The number of fused-ring (bicyclic) bond motifs is 2. The monoisotopic (exact) mass is 516 g/mol. The van der Waals surface area contributed by atoms with E-state index in [1.807, 2.05) is 26.8 Å². The Hall–Kier alpha value is -2.98. The average molecular weight is 517 g/mol. The van der Waals surface area contributed by atoms with Gasteiger partial charge in [-0.2, -0.15) is 4.98 Å². The van der Waals surface area contributed by atoms with Crippen molar-refractivity contribution in [3.63, 3.8) is 0 Å². The van der Waals surface area contributed by atoms with E-state index in [4.69, 9.17) is 14.2 Å². The first-order valence-corrected chi connectivity index (χ1v) is 12.8. The molecule has 5 rings (SSSR count). The summed E-state index contributed by atoms with van der Waals surface area (Å²) in [5, 5.41) is 6.59. The van der Waals surface area contributed by atoms with Crippen molar-refractivity contribution < 1.29 is 28.1 Å². The number of carbonyl (C=O) groups excluding carboxylic acids is 1. The van der Waals surface area contributed by atoms with Gasteiger partial charge >= 0.3 is 0 Å². The second kappa shape index (κ2) is 12.0. The minimum absolute atomic E-state index is 0.0141. The zero-order chi connectivity index (χ0) is 26.4. The van der Waals surface area contributed by atoms with Crippen molar-refractivity contribution in [1.82, 2.24) is 15.3 Å². The van der Waals surface area contributed by atoms with E-state index in [0.717, 1.165) is 24.8 Å². The van der Waals surface area contributed by atoms with Crippen LogP contribution in [0.25, 0.3) is 0 Å². The molecule has 3 heterocycles. The van der Waals surface area contributed by atoms with Gasteiger partial charge in [0.05, 0.1) is 26.0 Å². The van der Waals surface area contributed by atoms with Crippen molar-refractivity contribution in [2.75, 3.05) is 25.6 Å². The predicted molar refractivity (Wildman–Crippen MR) is 137 cm³/mol. The highest BCUT2D eigenvalue weighted by Crippen LogP contribution is 2.37. The van der Waals surface area contributed by atoms with Gasteiger partial charge in [-0.1, -0.05) is 6.07 Å². The summed E-state index contributed by atoms with van der Waals surface area (Å²) in [6.07, 6.45) is 6.52. The maximum atomic E-state index is 14.7. The highest BCUT2D eigenvalue weighted by molar-refractivity contribution is 5.65. The molecule has 2 aliphatic heterocycles. The number of methoxy groups -OCH3 is 1. The molecule has 2 aromatic rings. The Morgan fingerprint density at radius 1 is 1.19 bits per heavy atom. The molecule has 37 heavy (non-hydrogen) atoms. The Bertz CT molecular complexity index is 1050. The molecule has 3 aliphatic rings. The van der Waals surface area contributed by atoms with Crippen LogP contribution in [0.5, 0.6) is 11.6 Å². The number of hydrogen-bond donors (Lipinski definition) is 2. The third-order valence-electron chi connectivity index (χ3n) is 6.37. The standard InChI is InChI=1S/C22H27FN4O3.C5H10O2/c1-28-20-21(27-19-5-4-14(7-18(19)23)6-13-2-3-13)24-12-25-22(20)30-17-8-15-10-29-11-16(9-17)26-15;1-5(2,3)7-4-6/h4-5,7,12-13,15-17,26H,2-3,6,8-11H2,1H3,(H,24,25,27);4H,1-3H3. The first-order chi connectivity index (χ1) is 17.7. The molecule has 2 atom stereocenters. The van der Waals surface area contributed by atoms with Crippen LogP contribution in [-0.2, 0) is 20.7 Å². The number of piperidine rings is 1. The van der Waals surface area contributed by atoms with E-state index in [2.05, 4.69) is 25.3 Å². The molecule has 1 saturated carbocycles. The molecule has 1 aliphatic carbocycles. The summed E-state index contributed by atoms with van der Waals surface area (Å²) in [5.74, 6) is 1.53. The number of hydrogen-bond acceptors (Lipinski definition) is 9. The van der Waals surface area contributed by atoms with Gasteiger partial charge in [0.15, 0.2) is 5.82 Å². The number of ether oxygens (including phenoxy) is 4. The molecule has 0 amide bonds.